The molecule has 0 unspecified atom stereocenters. The molecular formula is C40H65N5O5. The molecule has 280 valence electrons. The summed E-state index contributed by atoms with van der Waals surface area (Å²) in [6.07, 6.45) is 17.2. The highest BCUT2D eigenvalue weighted by atomic mass is 16.6. The fourth-order valence-electron chi connectivity index (χ4n) is 7.21. The fourth-order valence-corrected chi connectivity index (χ4v) is 7.21. The van der Waals surface area contributed by atoms with Crippen LogP contribution in [0.25, 0.3) is 0 Å². The minimum atomic E-state index is -0.676. The molecule has 0 spiro atoms. The number of rotatable bonds is 15. The van der Waals surface area contributed by atoms with Crippen molar-refractivity contribution in [3.8, 4) is 5.75 Å². The van der Waals surface area contributed by atoms with Gasteiger partial charge in [0.05, 0.1) is 0 Å². The van der Waals surface area contributed by atoms with Crippen LogP contribution in [0.15, 0.2) is 24.5 Å². The van der Waals surface area contributed by atoms with Crippen LogP contribution in [0.4, 0.5) is 9.59 Å². The van der Waals surface area contributed by atoms with Gasteiger partial charge in [0.2, 0.25) is 0 Å². The number of imide groups is 1. The molecule has 1 aromatic heterocycles. The van der Waals surface area contributed by atoms with Gasteiger partial charge in [-0.1, -0.05) is 69.6 Å². The van der Waals surface area contributed by atoms with Crippen LogP contribution in [0, 0.1) is 5.92 Å². The fraction of sp³-hybridized carbons (Fsp3) is 0.750. The molecule has 10 heteroatoms. The van der Waals surface area contributed by atoms with E-state index in [1.54, 1.807) is 41.5 Å². The summed E-state index contributed by atoms with van der Waals surface area (Å²) in [5.74, 6) is 2.32. The largest absolute Gasteiger partial charge is 0.507 e. The van der Waals surface area contributed by atoms with Crippen LogP contribution in [0.1, 0.15) is 154 Å². The van der Waals surface area contributed by atoms with Crippen molar-refractivity contribution in [3.63, 3.8) is 0 Å². The van der Waals surface area contributed by atoms with E-state index in [-0.39, 0.29) is 0 Å². The van der Waals surface area contributed by atoms with Gasteiger partial charge in [0.1, 0.15) is 23.3 Å². The molecule has 2 aromatic rings. The zero-order valence-corrected chi connectivity index (χ0v) is 31.9. The summed E-state index contributed by atoms with van der Waals surface area (Å²) in [5.41, 5.74) is 0.682. The van der Waals surface area contributed by atoms with Gasteiger partial charge in [-0.2, -0.15) is 5.10 Å². The van der Waals surface area contributed by atoms with Gasteiger partial charge in [-0.05, 0) is 117 Å². The van der Waals surface area contributed by atoms with Crippen molar-refractivity contribution in [1.82, 2.24) is 24.6 Å². The van der Waals surface area contributed by atoms with Crippen LogP contribution >= 0.6 is 0 Å². The number of unbranched alkanes of at least 4 members (excludes halogenated alkanes) is 6. The lowest BCUT2D eigenvalue weighted by Crippen LogP contribution is -2.44. The molecule has 1 aliphatic heterocycles. The van der Waals surface area contributed by atoms with E-state index in [1.807, 2.05) is 17.1 Å². The number of amides is 2. The second-order valence-corrected chi connectivity index (χ2v) is 16.6. The monoisotopic (exact) mass is 695 g/mol. The van der Waals surface area contributed by atoms with Gasteiger partial charge in [0.25, 0.3) is 0 Å². The maximum atomic E-state index is 12.7. The average molecular weight is 696 g/mol. The molecule has 1 aliphatic carbocycles. The van der Waals surface area contributed by atoms with Crippen LogP contribution in [0.5, 0.6) is 5.75 Å². The van der Waals surface area contributed by atoms with E-state index in [9.17, 15) is 14.7 Å². The van der Waals surface area contributed by atoms with E-state index in [1.165, 1.54) is 64.2 Å². The number of carbonyl (C=O) groups excluding carboxylic acids is 2. The highest BCUT2D eigenvalue weighted by Gasteiger charge is 2.31. The molecular weight excluding hydrogens is 630 g/mol. The number of aromatic hydroxyl groups is 1. The summed E-state index contributed by atoms with van der Waals surface area (Å²) in [4.78, 5) is 33.6. The Hall–Kier alpha value is -3.14. The number of hydrogen-bond donors (Lipinski definition) is 1. The second-order valence-electron chi connectivity index (χ2n) is 16.6. The molecule has 2 aliphatic rings. The minimum Gasteiger partial charge on any atom is -0.507 e. The highest BCUT2D eigenvalue weighted by molar-refractivity contribution is 5.88. The summed E-state index contributed by atoms with van der Waals surface area (Å²) in [5, 5.41) is 15.8. The smallest absolute Gasteiger partial charge is 0.419 e. The zero-order valence-electron chi connectivity index (χ0n) is 31.9. The van der Waals surface area contributed by atoms with Crippen molar-refractivity contribution >= 4 is 12.2 Å². The Morgan fingerprint density at radius 2 is 1.44 bits per heavy atom. The number of ether oxygens (including phenoxy) is 2. The molecule has 1 N–H and O–H groups in total. The van der Waals surface area contributed by atoms with Gasteiger partial charge in [0, 0.05) is 25.1 Å². The van der Waals surface area contributed by atoms with Crippen molar-refractivity contribution in [2.45, 2.75) is 162 Å². The summed E-state index contributed by atoms with van der Waals surface area (Å²) in [7, 11) is 0. The number of phenolic OH excluding ortho intramolecular Hbond substituents is 1. The number of likely N-dealkylation sites (tertiary alicyclic amines) is 1. The van der Waals surface area contributed by atoms with Gasteiger partial charge in [-0.25, -0.2) is 19.5 Å². The number of piperidine rings is 1. The lowest BCUT2D eigenvalue weighted by Gasteiger charge is -2.31. The minimum absolute atomic E-state index is 0.303. The first-order valence-corrected chi connectivity index (χ1v) is 19.4. The van der Waals surface area contributed by atoms with Crippen molar-refractivity contribution in [2.24, 2.45) is 5.92 Å². The predicted octanol–water partition coefficient (Wildman–Crippen LogP) is 9.24. The third kappa shape index (κ3) is 13.5. The first-order valence-electron chi connectivity index (χ1n) is 19.4. The molecule has 4 rings (SSSR count). The van der Waals surface area contributed by atoms with E-state index in [4.69, 9.17) is 14.6 Å². The van der Waals surface area contributed by atoms with Gasteiger partial charge in [0.15, 0.2) is 5.82 Å². The average Bonchev–Trinajstić information content (AvgIpc) is 3.49. The molecule has 0 atom stereocenters. The second kappa shape index (κ2) is 18.9. The molecule has 1 saturated carbocycles. The van der Waals surface area contributed by atoms with Gasteiger partial charge in [-0.15, -0.1) is 0 Å². The van der Waals surface area contributed by atoms with Crippen molar-refractivity contribution < 1.29 is 24.2 Å². The van der Waals surface area contributed by atoms with Crippen LogP contribution in [-0.2, 0) is 22.4 Å². The van der Waals surface area contributed by atoms with Crippen molar-refractivity contribution in [3.05, 3.63) is 41.5 Å². The van der Waals surface area contributed by atoms with E-state index >= 15 is 0 Å². The third-order valence-corrected chi connectivity index (χ3v) is 9.86. The Labute approximate surface area is 301 Å². The molecule has 2 fully saturated rings. The summed E-state index contributed by atoms with van der Waals surface area (Å²) in [6.45, 7) is 15.4. The van der Waals surface area contributed by atoms with Crippen LogP contribution < -0.4 is 0 Å². The Morgan fingerprint density at radius 1 is 0.840 bits per heavy atom. The summed E-state index contributed by atoms with van der Waals surface area (Å²) in [6, 6.07) is 6.18. The van der Waals surface area contributed by atoms with Crippen LogP contribution in [-0.4, -0.2) is 79.2 Å². The zero-order chi connectivity index (χ0) is 36.1. The lowest BCUT2D eigenvalue weighted by molar-refractivity contribution is 0.00117. The molecule has 0 radical (unpaired) electrons. The summed E-state index contributed by atoms with van der Waals surface area (Å²) < 4.78 is 12.9. The van der Waals surface area contributed by atoms with E-state index in [0.717, 1.165) is 73.7 Å². The number of para-hydroxylation sites is 1. The number of nitrogens with zero attached hydrogens (tertiary/aromatic N) is 5. The number of aromatic nitrogens is 3. The van der Waals surface area contributed by atoms with E-state index in [0.29, 0.717) is 30.6 Å². The Kier molecular flexibility index (Phi) is 15.0. The maximum absolute atomic E-state index is 12.7. The Balaban J connectivity index is 1.07. The number of hydrogen-bond acceptors (Lipinski definition) is 8. The SMILES string of the molecule is CC(C)(C)OC(=O)N(CCCCCCCCCN1CCC(Cn2cnc(Cc3cccc(C4CCCCC4)c3O)n2)CC1)C(=O)OC(C)(C)C. The summed E-state index contributed by atoms with van der Waals surface area (Å²) >= 11 is 0. The standard InChI is InChI=1S/C40H65N5O5/c1-39(2,3)49-37(47)45(38(48)50-40(4,5)6)25-16-11-9-7-8-10-15-24-43-26-22-31(23-27-43)29-44-30-41-35(42-44)28-33-20-17-21-34(36(33)46)32-18-13-12-14-19-32/h17,20-21,30-32,46H,7-16,18-19,22-29H2,1-6H3. The molecule has 1 saturated heterocycles. The molecule has 10 nitrogen and oxygen atoms in total. The molecule has 2 heterocycles. The predicted molar refractivity (Wildman–Crippen MR) is 197 cm³/mol. The molecule has 2 amide bonds. The lowest BCUT2D eigenvalue weighted by atomic mass is 9.83. The molecule has 0 bridgehead atoms. The third-order valence-electron chi connectivity index (χ3n) is 9.86. The Bertz CT molecular complexity index is 1300. The highest BCUT2D eigenvalue weighted by Crippen LogP contribution is 2.38. The number of benzene rings is 1. The molecule has 1 aromatic carbocycles. The van der Waals surface area contributed by atoms with Gasteiger partial charge in [-0.3, -0.25) is 4.68 Å². The van der Waals surface area contributed by atoms with E-state index in [2.05, 4.69) is 22.0 Å². The van der Waals surface area contributed by atoms with Crippen LogP contribution in [0.2, 0.25) is 0 Å². The molecule has 50 heavy (non-hydrogen) atoms. The quantitative estimate of drug-likeness (QED) is 0.184. The first-order chi connectivity index (χ1) is 23.8. The topological polar surface area (TPSA) is 110 Å². The Morgan fingerprint density at radius 3 is 2.06 bits per heavy atom. The van der Waals surface area contributed by atoms with Crippen molar-refractivity contribution in [1.29, 1.82) is 0 Å². The number of phenols is 1. The maximum Gasteiger partial charge on any atom is 0.419 e. The van der Waals surface area contributed by atoms with Gasteiger partial charge < -0.3 is 19.5 Å². The number of carbonyl (C=O) groups is 2. The van der Waals surface area contributed by atoms with Crippen LogP contribution in [0.3, 0.4) is 0 Å². The first kappa shape index (κ1) is 39.6. The van der Waals surface area contributed by atoms with Gasteiger partial charge >= 0.3 is 12.2 Å². The van der Waals surface area contributed by atoms with E-state index < -0.39 is 23.4 Å². The normalized spacial score (nSPS) is 16.8. The van der Waals surface area contributed by atoms with Crippen molar-refractivity contribution in [2.75, 3.05) is 26.2 Å².